The molecule has 2 rings (SSSR count). The standard InChI is InChI=1S/C14H24N4/c1-13-10-17-14(12-16-13)11-15-6-5-9-18-7-3-2-4-8-18/h10,12,15H,2-9,11H2,1H3. The molecule has 2 heterocycles. The predicted molar refractivity (Wildman–Crippen MR) is 73.4 cm³/mol. The number of hydrogen-bond acceptors (Lipinski definition) is 4. The van der Waals surface area contributed by atoms with Crippen LogP contribution in [0, 0.1) is 6.92 Å². The van der Waals surface area contributed by atoms with Gasteiger partial charge in [-0.2, -0.15) is 0 Å². The van der Waals surface area contributed by atoms with Crippen molar-refractivity contribution in [3.05, 3.63) is 23.8 Å². The second-order valence-electron chi connectivity index (χ2n) is 5.08. The summed E-state index contributed by atoms with van der Waals surface area (Å²) in [5.41, 5.74) is 2.00. The van der Waals surface area contributed by atoms with Gasteiger partial charge in [-0.05, 0) is 52.4 Å². The molecule has 0 unspecified atom stereocenters. The van der Waals surface area contributed by atoms with Gasteiger partial charge in [0.05, 0.1) is 11.4 Å². The average molecular weight is 248 g/mol. The van der Waals surface area contributed by atoms with Crippen LogP contribution in [0.3, 0.4) is 0 Å². The first-order valence-electron chi connectivity index (χ1n) is 7.05. The van der Waals surface area contributed by atoms with Gasteiger partial charge in [0.1, 0.15) is 0 Å². The number of likely N-dealkylation sites (tertiary alicyclic amines) is 1. The summed E-state index contributed by atoms with van der Waals surface area (Å²) in [7, 11) is 0. The molecule has 0 saturated carbocycles. The number of piperidine rings is 1. The third kappa shape index (κ3) is 4.70. The number of aryl methyl sites for hydroxylation is 1. The van der Waals surface area contributed by atoms with E-state index < -0.39 is 0 Å². The topological polar surface area (TPSA) is 41.1 Å². The molecule has 1 fully saturated rings. The zero-order valence-corrected chi connectivity index (χ0v) is 11.4. The molecule has 1 aromatic heterocycles. The van der Waals surface area contributed by atoms with Gasteiger partial charge in [-0.25, -0.2) is 0 Å². The van der Waals surface area contributed by atoms with E-state index in [1.165, 1.54) is 45.3 Å². The lowest BCUT2D eigenvalue weighted by Gasteiger charge is -2.26. The molecule has 4 heteroatoms. The summed E-state index contributed by atoms with van der Waals surface area (Å²) in [6.07, 6.45) is 9.08. The lowest BCUT2D eigenvalue weighted by molar-refractivity contribution is 0.225. The molecule has 4 nitrogen and oxygen atoms in total. The first-order valence-corrected chi connectivity index (χ1v) is 7.05. The Morgan fingerprint density at radius 2 is 2.00 bits per heavy atom. The van der Waals surface area contributed by atoms with Crippen LogP contribution in [-0.4, -0.2) is 41.0 Å². The Balaban J connectivity index is 1.54. The number of nitrogens with one attached hydrogen (secondary N) is 1. The summed E-state index contributed by atoms with van der Waals surface area (Å²) in [5.74, 6) is 0. The fourth-order valence-corrected chi connectivity index (χ4v) is 2.34. The van der Waals surface area contributed by atoms with Crippen molar-refractivity contribution in [2.45, 2.75) is 39.2 Å². The molecule has 1 N–H and O–H groups in total. The van der Waals surface area contributed by atoms with Gasteiger partial charge in [-0.15, -0.1) is 0 Å². The van der Waals surface area contributed by atoms with Gasteiger partial charge in [0.2, 0.25) is 0 Å². The Labute approximate surface area is 110 Å². The maximum Gasteiger partial charge on any atom is 0.0724 e. The number of rotatable bonds is 6. The summed E-state index contributed by atoms with van der Waals surface area (Å²) >= 11 is 0. The fraction of sp³-hybridized carbons (Fsp3) is 0.714. The van der Waals surface area contributed by atoms with E-state index in [9.17, 15) is 0 Å². The van der Waals surface area contributed by atoms with Gasteiger partial charge in [0.25, 0.3) is 0 Å². The highest BCUT2D eigenvalue weighted by atomic mass is 15.1. The molecular formula is C14H24N4. The third-order valence-electron chi connectivity index (χ3n) is 3.42. The van der Waals surface area contributed by atoms with Crippen LogP contribution >= 0.6 is 0 Å². The second-order valence-corrected chi connectivity index (χ2v) is 5.08. The lowest BCUT2D eigenvalue weighted by atomic mass is 10.1. The van der Waals surface area contributed by atoms with E-state index in [0.29, 0.717) is 0 Å². The minimum Gasteiger partial charge on any atom is -0.311 e. The van der Waals surface area contributed by atoms with Gasteiger partial charge in [-0.1, -0.05) is 6.42 Å². The van der Waals surface area contributed by atoms with Gasteiger partial charge >= 0.3 is 0 Å². The summed E-state index contributed by atoms with van der Waals surface area (Å²) in [6, 6.07) is 0. The summed E-state index contributed by atoms with van der Waals surface area (Å²) in [5, 5.41) is 3.43. The monoisotopic (exact) mass is 248 g/mol. The van der Waals surface area contributed by atoms with Crippen molar-refractivity contribution in [1.82, 2.24) is 20.2 Å². The van der Waals surface area contributed by atoms with E-state index in [1.54, 1.807) is 0 Å². The highest BCUT2D eigenvalue weighted by molar-refractivity contribution is 5.00. The molecule has 0 aliphatic carbocycles. The fourth-order valence-electron chi connectivity index (χ4n) is 2.34. The zero-order valence-electron chi connectivity index (χ0n) is 11.4. The van der Waals surface area contributed by atoms with E-state index in [-0.39, 0.29) is 0 Å². The number of aromatic nitrogens is 2. The summed E-state index contributed by atoms with van der Waals surface area (Å²) in [4.78, 5) is 11.2. The van der Waals surface area contributed by atoms with Crippen molar-refractivity contribution in [2.24, 2.45) is 0 Å². The van der Waals surface area contributed by atoms with Crippen LogP contribution in [0.4, 0.5) is 0 Å². The first-order chi connectivity index (χ1) is 8.84. The molecule has 1 saturated heterocycles. The van der Waals surface area contributed by atoms with E-state index >= 15 is 0 Å². The van der Waals surface area contributed by atoms with E-state index in [1.807, 2.05) is 19.3 Å². The highest BCUT2D eigenvalue weighted by Gasteiger charge is 2.08. The van der Waals surface area contributed by atoms with Crippen molar-refractivity contribution in [3.8, 4) is 0 Å². The predicted octanol–water partition coefficient (Wildman–Crippen LogP) is 1.75. The minimum atomic E-state index is 0.827. The molecule has 0 spiro atoms. The Hall–Kier alpha value is -1.00. The zero-order chi connectivity index (χ0) is 12.6. The van der Waals surface area contributed by atoms with Crippen LogP contribution in [0.25, 0.3) is 0 Å². The first kappa shape index (κ1) is 13.4. The van der Waals surface area contributed by atoms with Crippen molar-refractivity contribution in [1.29, 1.82) is 0 Å². The van der Waals surface area contributed by atoms with Crippen molar-refractivity contribution < 1.29 is 0 Å². The molecule has 1 aliphatic rings. The van der Waals surface area contributed by atoms with Crippen molar-refractivity contribution in [3.63, 3.8) is 0 Å². The van der Waals surface area contributed by atoms with Gasteiger partial charge in [0.15, 0.2) is 0 Å². The van der Waals surface area contributed by atoms with Gasteiger partial charge in [-0.3, -0.25) is 9.97 Å². The molecule has 0 aromatic carbocycles. The number of nitrogens with zero attached hydrogens (tertiary/aromatic N) is 3. The largest absolute Gasteiger partial charge is 0.311 e. The van der Waals surface area contributed by atoms with Crippen molar-refractivity contribution in [2.75, 3.05) is 26.2 Å². The Morgan fingerprint density at radius 1 is 1.17 bits per heavy atom. The van der Waals surface area contributed by atoms with Crippen LogP contribution in [0.1, 0.15) is 37.1 Å². The van der Waals surface area contributed by atoms with Gasteiger partial charge < -0.3 is 10.2 Å². The SMILES string of the molecule is Cc1cnc(CNCCCN2CCCCC2)cn1. The average Bonchev–Trinajstić information content (AvgIpc) is 2.42. The molecule has 1 aromatic rings. The molecule has 18 heavy (non-hydrogen) atoms. The highest BCUT2D eigenvalue weighted by Crippen LogP contribution is 2.08. The minimum absolute atomic E-state index is 0.827. The maximum absolute atomic E-state index is 4.33. The molecule has 0 bridgehead atoms. The van der Waals surface area contributed by atoms with Crippen LogP contribution in [0.2, 0.25) is 0 Å². The summed E-state index contributed by atoms with van der Waals surface area (Å²) in [6.45, 7) is 7.67. The van der Waals surface area contributed by atoms with E-state index in [4.69, 9.17) is 0 Å². The smallest absolute Gasteiger partial charge is 0.0724 e. The molecular weight excluding hydrogens is 224 g/mol. The molecule has 0 atom stereocenters. The molecule has 0 radical (unpaired) electrons. The molecule has 1 aliphatic heterocycles. The normalized spacial score (nSPS) is 16.9. The van der Waals surface area contributed by atoms with Crippen LogP contribution in [0.5, 0.6) is 0 Å². The van der Waals surface area contributed by atoms with Crippen LogP contribution in [-0.2, 0) is 6.54 Å². The molecule has 0 amide bonds. The van der Waals surface area contributed by atoms with E-state index in [2.05, 4.69) is 20.2 Å². The van der Waals surface area contributed by atoms with Crippen LogP contribution < -0.4 is 5.32 Å². The summed E-state index contributed by atoms with van der Waals surface area (Å²) < 4.78 is 0. The van der Waals surface area contributed by atoms with Crippen molar-refractivity contribution >= 4 is 0 Å². The Kier molecular flexibility index (Phi) is 5.55. The quantitative estimate of drug-likeness (QED) is 0.779. The molecule has 100 valence electrons. The number of hydrogen-bond donors (Lipinski definition) is 1. The third-order valence-corrected chi connectivity index (χ3v) is 3.42. The van der Waals surface area contributed by atoms with Crippen LogP contribution in [0.15, 0.2) is 12.4 Å². The maximum atomic E-state index is 4.33. The second kappa shape index (κ2) is 7.44. The Bertz CT molecular complexity index is 330. The van der Waals surface area contributed by atoms with Gasteiger partial charge in [0, 0.05) is 18.9 Å². The lowest BCUT2D eigenvalue weighted by Crippen LogP contribution is -2.32. The Morgan fingerprint density at radius 3 is 2.72 bits per heavy atom. The van der Waals surface area contributed by atoms with E-state index in [0.717, 1.165) is 24.5 Å².